The highest BCUT2D eigenvalue weighted by Gasteiger charge is 2.13. The second-order valence-corrected chi connectivity index (χ2v) is 9.77. The molecular weight excluding hydrogens is 604 g/mol. The molecule has 10 heteroatoms. The van der Waals surface area contributed by atoms with Crippen molar-refractivity contribution < 1.29 is 14.5 Å². The van der Waals surface area contributed by atoms with Crippen LogP contribution in [0.5, 0.6) is 5.75 Å². The second kappa shape index (κ2) is 11.9. The minimum Gasteiger partial charge on any atom is -0.487 e. The molecule has 2 N–H and O–H groups in total. The first-order valence-corrected chi connectivity index (χ1v) is 12.7. The summed E-state index contributed by atoms with van der Waals surface area (Å²) in [5.74, 6) is 0.0743. The van der Waals surface area contributed by atoms with Gasteiger partial charge in [0.05, 0.1) is 13.9 Å². The van der Waals surface area contributed by atoms with Gasteiger partial charge in [-0.25, -0.2) is 0 Å². The number of hydrogen-bond acceptors (Lipinski definition) is 5. The van der Waals surface area contributed by atoms with Crippen LogP contribution in [0.3, 0.4) is 0 Å². The number of non-ortho nitro benzene ring substituents is 1. The molecule has 1 amide bonds. The predicted octanol–water partition coefficient (Wildman–Crippen LogP) is 6.45. The number of nitrogens with zero attached hydrogens (tertiary/aromatic N) is 2. The highest BCUT2D eigenvalue weighted by atomic mass is 79.9. The van der Waals surface area contributed by atoms with E-state index in [1.807, 2.05) is 36.5 Å². The minimum atomic E-state index is -0.455. The average molecular weight is 624 g/mol. The number of ether oxygens (including phenoxy) is 1. The first-order valence-electron chi connectivity index (χ1n) is 11.2. The van der Waals surface area contributed by atoms with E-state index in [0.717, 1.165) is 22.0 Å². The van der Waals surface area contributed by atoms with Gasteiger partial charge in [0.25, 0.3) is 11.6 Å². The number of rotatable bonds is 9. The van der Waals surface area contributed by atoms with Gasteiger partial charge in [-0.15, -0.1) is 0 Å². The van der Waals surface area contributed by atoms with Crippen molar-refractivity contribution in [3.05, 3.63) is 108 Å². The topological polar surface area (TPSA) is 121 Å². The van der Waals surface area contributed by atoms with E-state index in [4.69, 9.17) is 4.74 Å². The smallest absolute Gasteiger partial charge is 0.269 e. The number of fused-ring (bicyclic) bond motifs is 1. The van der Waals surface area contributed by atoms with Crippen molar-refractivity contribution in [2.75, 3.05) is 6.54 Å². The Hall–Kier alpha value is -3.94. The molecule has 1 aromatic heterocycles. The SMILES string of the molecule is N#C/C(=C/c1cc(Br)c(OCc2ccc([N+](=O)[O-])cc2)c(Br)c1)C(=O)NCCc1c[nH]c2ccccc12. The molecule has 186 valence electrons. The third kappa shape index (κ3) is 6.44. The van der Waals surface area contributed by atoms with Crippen molar-refractivity contribution in [2.45, 2.75) is 13.0 Å². The molecule has 1 heterocycles. The number of nitriles is 1. The molecule has 0 bridgehead atoms. The molecule has 0 unspecified atom stereocenters. The number of aromatic nitrogens is 1. The highest BCUT2D eigenvalue weighted by Crippen LogP contribution is 2.36. The number of carbonyl (C=O) groups excluding carboxylic acids is 1. The maximum absolute atomic E-state index is 12.6. The molecule has 0 saturated carbocycles. The molecule has 37 heavy (non-hydrogen) atoms. The summed E-state index contributed by atoms with van der Waals surface area (Å²) in [7, 11) is 0. The Morgan fingerprint density at radius 2 is 1.84 bits per heavy atom. The van der Waals surface area contributed by atoms with Gasteiger partial charge in [0.2, 0.25) is 0 Å². The number of nitro groups is 1. The molecular formula is C27H20Br2N4O4. The van der Waals surface area contributed by atoms with Crippen molar-refractivity contribution in [1.29, 1.82) is 5.26 Å². The van der Waals surface area contributed by atoms with Gasteiger partial charge in [0.1, 0.15) is 24.0 Å². The molecule has 4 rings (SSSR count). The maximum atomic E-state index is 12.6. The summed E-state index contributed by atoms with van der Waals surface area (Å²) < 4.78 is 7.11. The van der Waals surface area contributed by atoms with E-state index in [9.17, 15) is 20.2 Å². The molecule has 4 aromatic rings. The lowest BCUT2D eigenvalue weighted by atomic mass is 10.1. The van der Waals surface area contributed by atoms with Crippen LogP contribution in [0.1, 0.15) is 16.7 Å². The number of hydrogen-bond donors (Lipinski definition) is 2. The number of aromatic amines is 1. The Bertz CT molecular complexity index is 1520. The number of H-pyrrole nitrogens is 1. The monoisotopic (exact) mass is 622 g/mol. The van der Waals surface area contributed by atoms with Crippen molar-refractivity contribution in [3.8, 4) is 11.8 Å². The summed E-state index contributed by atoms with van der Waals surface area (Å²) in [5.41, 5.74) is 3.53. The van der Waals surface area contributed by atoms with Gasteiger partial charge in [0, 0.05) is 35.8 Å². The van der Waals surface area contributed by atoms with E-state index < -0.39 is 10.8 Å². The van der Waals surface area contributed by atoms with Crippen LogP contribution in [-0.4, -0.2) is 22.4 Å². The summed E-state index contributed by atoms with van der Waals surface area (Å²) in [4.78, 5) is 26.2. The fourth-order valence-corrected chi connectivity index (χ4v) is 5.18. The molecule has 0 fully saturated rings. The quantitative estimate of drug-likeness (QED) is 0.0961. The summed E-state index contributed by atoms with van der Waals surface area (Å²) >= 11 is 6.95. The highest BCUT2D eigenvalue weighted by molar-refractivity contribution is 9.11. The van der Waals surface area contributed by atoms with Gasteiger partial charge in [-0.1, -0.05) is 18.2 Å². The van der Waals surface area contributed by atoms with Crippen molar-refractivity contribution in [3.63, 3.8) is 0 Å². The van der Waals surface area contributed by atoms with E-state index in [1.54, 1.807) is 24.3 Å². The molecule has 0 radical (unpaired) electrons. The summed E-state index contributed by atoms with van der Waals surface area (Å²) in [6.45, 7) is 0.592. The molecule has 0 atom stereocenters. The zero-order valence-corrected chi connectivity index (χ0v) is 22.5. The first-order chi connectivity index (χ1) is 17.9. The van der Waals surface area contributed by atoms with Crippen LogP contribution in [-0.2, 0) is 17.8 Å². The summed E-state index contributed by atoms with van der Waals surface area (Å²) in [5, 5.41) is 24.3. The van der Waals surface area contributed by atoms with Gasteiger partial charge >= 0.3 is 0 Å². The third-order valence-electron chi connectivity index (χ3n) is 5.58. The fraction of sp³-hybridized carbons (Fsp3) is 0.111. The van der Waals surface area contributed by atoms with Crippen molar-refractivity contribution in [2.24, 2.45) is 0 Å². The lowest BCUT2D eigenvalue weighted by molar-refractivity contribution is -0.384. The van der Waals surface area contributed by atoms with E-state index in [1.165, 1.54) is 18.2 Å². The fourth-order valence-electron chi connectivity index (χ4n) is 3.73. The summed E-state index contributed by atoms with van der Waals surface area (Å²) in [6.07, 6.45) is 4.07. The van der Waals surface area contributed by atoms with E-state index in [2.05, 4.69) is 42.2 Å². The van der Waals surface area contributed by atoms with E-state index in [0.29, 0.717) is 33.2 Å². The zero-order chi connectivity index (χ0) is 26.4. The Labute approximate surface area is 229 Å². The number of amides is 1. The normalized spacial score (nSPS) is 11.2. The molecule has 0 saturated heterocycles. The minimum absolute atomic E-state index is 0.0116. The number of benzene rings is 3. The number of carbonyl (C=O) groups is 1. The second-order valence-electron chi connectivity index (χ2n) is 8.06. The van der Waals surface area contributed by atoms with Crippen LogP contribution in [0.4, 0.5) is 5.69 Å². The lowest BCUT2D eigenvalue weighted by Crippen LogP contribution is -2.26. The van der Waals surface area contributed by atoms with Gasteiger partial charge in [-0.2, -0.15) is 5.26 Å². The molecule has 0 aliphatic carbocycles. The van der Waals surface area contributed by atoms with Crippen molar-refractivity contribution >= 4 is 60.4 Å². The number of nitro benzene ring substituents is 1. The first kappa shape index (κ1) is 26.1. The predicted molar refractivity (Wildman–Crippen MR) is 148 cm³/mol. The van der Waals surface area contributed by atoms with Crippen LogP contribution >= 0.6 is 31.9 Å². The van der Waals surface area contributed by atoms with E-state index in [-0.39, 0.29) is 17.9 Å². The number of nitrogens with one attached hydrogen (secondary N) is 2. The van der Waals surface area contributed by atoms with Gasteiger partial charge in [0.15, 0.2) is 0 Å². The Balaban J connectivity index is 1.39. The van der Waals surface area contributed by atoms with Gasteiger partial charge in [-0.05, 0) is 91.4 Å². The van der Waals surface area contributed by atoms with E-state index >= 15 is 0 Å². The van der Waals surface area contributed by atoms with Crippen LogP contribution in [0, 0.1) is 21.4 Å². The molecule has 3 aromatic carbocycles. The third-order valence-corrected chi connectivity index (χ3v) is 6.76. The Kier molecular flexibility index (Phi) is 8.38. The Morgan fingerprint density at radius 3 is 2.51 bits per heavy atom. The molecule has 0 spiro atoms. The number of para-hydroxylation sites is 1. The van der Waals surface area contributed by atoms with Gasteiger partial charge < -0.3 is 15.0 Å². The molecule has 0 aliphatic rings. The van der Waals surface area contributed by atoms with Crippen LogP contribution in [0.2, 0.25) is 0 Å². The maximum Gasteiger partial charge on any atom is 0.269 e. The van der Waals surface area contributed by atoms with Crippen LogP contribution < -0.4 is 10.1 Å². The van der Waals surface area contributed by atoms with Crippen molar-refractivity contribution in [1.82, 2.24) is 10.3 Å². The van der Waals surface area contributed by atoms with Gasteiger partial charge in [-0.3, -0.25) is 14.9 Å². The largest absolute Gasteiger partial charge is 0.487 e. The molecule has 0 aliphatic heterocycles. The van der Waals surface area contributed by atoms with Crippen LogP contribution in [0.15, 0.2) is 81.4 Å². The Morgan fingerprint density at radius 1 is 1.14 bits per heavy atom. The molecule has 8 nitrogen and oxygen atoms in total. The average Bonchev–Trinajstić information content (AvgIpc) is 3.30. The standard InChI is InChI=1S/C27H20Br2N4O4/c28-23-12-18(13-24(29)26(23)37-16-17-5-7-21(8-6-17)33(35)36)11-20(14-30)27(34)31-10-9-19-15-32-25-4-2-1-3-22(19)25/h1-8,11-13,15,32H,9-10,16H2,(H,31,34)/b20-11-. The lowest BCUT2D eigenvalue weighted by Gasteiger charge is -2.12. The van der Waals surface area contributed by atoms with Crippen LogP contribution in [0.25, 0.3) is 17.0 Å². The number of halogens is 2. The zero-order valence-electron chi connectivity index (χ0n) is 19.3. The summed E-state index contributed by atoms with van der Waals surface area (Å²) in [6, 6.07) is 19.5.